The second-order valence-electron chi connectivity index (χ2n) is 6.03. The van der Waals surface area contributed by atoms with Gasteiger partial charge in [0.1, 0.15) is 0 Å². The predicted octanol–water partition coefficient (Wildman–Crippen LogP) is 2.69. The first-order valence-corrected chi connectivity index (χ1v) is 9.66. The van der Waals surface area contributed by atoms with Crippen molar-refractivity contribution in [3.63, 3.8) is 0 Å². The molecule has 2 rings (SSSR count). The third kappa shape index (κ3) is 5.89. The zero-order valence-electron chi connectivity index (χ0n) is 13.6. The van der Waals surface area contributed by atoms with Gasteiger partial charge in [0.05, 0.1) is 17.5 Å². The van der Waals surface area contributed by atoms with E-state index in [2.05, 4.69) is 15.4 Å². The van der Waals surface area contributed by atoms with Crippen molar-refractivity contribution in [2.45, 2.75) is 43.9 Å². The Morgan fingerprint density at radius 1 is 1.12 bits per heavy atom. The minimum absolute atomic E-state index is 0.351. The van der Waals surface area contributed by atoms with Crippen LogP contribution in [-0.2, 0) is 16.2 Å². The molecule has 2 atom stereocenters. The van der Waals surface area contributed by atoms with Gasteiger partial charge in [0.15, 0.2) is 0 Å². The van der Waals surface area contributed by atoms with Crippen LogP contribution in [0.3, 0.4) is 0 Å². The number of hydrogen-bond acceptors (Lipinski definition) is 3. The Kier molecular flexibility index (Phi) is 5.94. The van der Waals surface area contributed by atoms with Gasteiger partial charge in [0.2, 0.25) is 10.0 Å². The number of nitrogens with one attached hydrogen (secondary N) is 3. The Hall–Kier alpha value is -1.81. The second kappa shape index (κ2) is 7.61. The Morgan fingerprint density at radius 2 is 1.72 bits per heavy atom. The van der Waals surface area contributed by atoms with Gasteiger partial charge in [-0.25, -0.2) is 17.9 Å². The lowest BCUT2D eigenvalue weighted by molar-refractivity contribution is -0.136. The Balaban J connectivity index is 2.07. The number of halogens is 3. The summed E-state index contributed by atoms with van der Waals surface area (Å²) in [7, 11) is -3.45. The van der Waals surface area contributed by atoms with Crippen LogP contribution >= 0.6 is 0 Å². The molecule has 6 nitrogen and oxygen atoms in total. The first kappa shape index (κ1) is 19.5. The highest BCUT2D eigenvalue weighted by Gasteiger charge is 2.34. The normalized spacial score (nSPS) is 21.6. The lowest BCUT2D eigenvalue weighted by atomic mass is 9.91. The first-order valence-electron chi connectivity index (χ1n) is 7.77. The summed E-state index contributed by atoms with van der Waals surface area (Å²) in [5.74, 6) is 0. The zero-order chi connectivity index (χ0) is 18.7. The summed E-state index contributed by atoms with van der Waals surface area (Å²) < 4.78 is 64.2. The summed E-state index contributed by atoms with van der Waals surface area (Å²) in [5, 5.41) is 4.77. The molecule has 0 radical (unpaired) electrons. The maximum Gasteiger partial charge on any atom is 0.418 e. The molecular weight excluding hydrogens is 359 g/mol. The van der Waals surface area contributed by atoms with Crippen molar-refractivity contribution in [3.8, 4) is 0 Å². The quantitative estimate of drug-likeness (QED) is 0.752. The molecule has 10 heteroatoms. The molecule has 0 unspecified atom stereocenters. The van der Waals surface area contributed by atoms with E-state index in [0.717, 1.165) is 31.2 Å². The van der Waals surface area contributed by atoms with Gasteiger partial charge in [-0.15, -0.1) is 0 Å². The van der Waals surface area contributed by atoms with Crippen molar-refractivity contribution in [2.24, 2.45) is 0 Å². The smallest absolute Gasteiger partial charge is 0.334 e. The van der Waals surface area contributed by atoms with Gasteiger partial charge in [-0.2, -0.15) is 13.2 Å². The summed E-state index contributed by atoms with van der Waals surface area (Å²) in [6, 6.07) is 2.90. The molecular formula is C15H20F3N3O3S. The van der Waals surface area contributed by atoms with Gasteiger partial charge >= 0.3 is 12.2 Å². The summed E-state index contributed by atoms with van der Waals surface area (Å²) in [5.41, 5.74) is -1.30. The average molecular weight is 379 g/mol. The standard InChI is InChI=1S/C15H20F3N3O3S/c1-25(23,24)21-13-9-5-4-8-12(13)20-14(22)19-11-7-3-2-6-10(11)15(16,17)18/h2-3,6-7,12-13,21H,4-5,8-9H2,1H3,(H2,19,20,22)/t12-,13-/m0/s1. The van der Waals surface area contributed by atoms with E-state index in [4.69, 9.17) is 0 Å². The minimum Gasteiger partial charge on any atom is -0.334 e. The van der Waals surface area contributed by atoms with E-state index in [1.54, 1.807) is 0 Å². The lowest BCUT2D eigenvalue weighted by Gasteiger charge is -2.32. The highest BCUT2D eigenvalue weighted by atomic mass is 32.2. The maximum atomic E-state index is 13.0. The predicted molar refractivity (Wildman–Crippen MR) is 87.6 cm³/mol. The average Bonchev–Trinajstić information content (AvgIpc) is 2.47. The fourth-order valence-electron chi connectivity index (χ4n) is 2.89. The summed E-state index contributed by atoms with van der Waals surface area (Å²) >= 11 is 0. The van der Waals surface area contributed by atoms with Gasteiger partial charge in [0.25, 0.3) is 0 Å². The molecule has 1 aromatic rings. The number of para-hydroxylation sites is 1. The van der Waals surface area contributed by atoms with Crippen molar-refractivity contribution in [3.05, 3.63) is 29.8 Å². The molecule has 25 heavy (non-hydrogen) atoms. The molecule has 0 aromatic heterocycles. The molecule has 0 bridgehead atoms. The Bertz CT molecular complexity index is 722. The molecule has 1 saturated carbocycles. The number of hydrogen-bond donors (Lipinski definition) is 3. The molecule has 0 saturated heterocycles. The van der Waals surface area contributed by atoms with Crippen LogP contribution in [0.15, 0.2) is 24.3 Å². The van der Waals surface area contributed by atoms with Crippen molar-refractivity contribution in [1.29, 1.82) is 0 Å². The van der Waals surface area contributed by atoms with Crippen LogP contribution < -0.4 is 15.4 Å². The topological polar surface area (TPSA) is 87.3 Å². The van der Waals surface area contributed by atoms with Crippen LogP contribution in [0.5, 0.6) is 0 Å². The van der Waals surface area contributed by atoms with Crippen LogP contribution in [0.4, 0.5) is 23.7 Å². The maximum absolute atomic E-state index is 13.0. The summed E-state index contributed by atoms with van der Waals surface area (Å²) in [6.45, 7) is 0. The van der Waals surface area contributed by atoms with Gasteiger partial charge < -0.3 is 10.6 Å². The van der Waals surface area contributed by atoms with Crippen molar-refractivity contribution >= 4 is 21.7 Å². The highest BCUT2D eigenvalue weighted by molar-refractivity contribution is 7.88. The van der Waals surface area contributed by atoms with Crippen LogP contribution in [0.25, 0.3) is 0 Å². The molecule has 1 aliphatic carbocycles. The van der Waals surface area contributed by atoms with Crippen LogP contribution in [-0.4, -0.2) is 32.8 Å². The monoisotopic (exact) mass is 379 g/mol. The van der Waals surface area contributed by atoms with Gasteiger partial charge in [-0.05, 0) is 25.0 Å². The number of sulfonamides is 1. The van der Waals surface area contributed by atoms with Gasteiger partial charge in [-0.3, -0.25) is 0 Å². The van der Waals surface area contributed by atoms with Gasteiger partial charge in [0, 0.05) is 12.1 Å². The molecule has 1 fully saturated rings. The summed E-state index contributed by atoms with van der Waals surface area (Å²) in [4.78, 5) is 12.1. The third-order valence-corrected chi connectivity index (χ3v) is 4.66. The van der Waals surface area contributed by atoms with Crippen LogP contribution in [0.1, 0.15) is 31.2 Å². The molecule has 0 aliphatic heterocycles. The highest BCUT2D eigenvalue weighted by Crippen LogP contribution is 2.34. The number of benzene rings is 1. The van der Waals surface area contributed by atoms with Crippen molar-refractivity contribution < 1.29 is 26.4 Å². The van der Waals surface area contributed by atoms with Crippen LogP contribution in [0, 0.1) is 0 Å². The minimum atomic E-state index is -4.59. The van der Waals surface area contributed by atoms with Crippen LogP contribution in [0.2, 0.25) is 0 Å². The molecule has 0 spiro atoms. The fraction of sp³-hybridized carbons (Fsp3) is 0.533. The fourth-order valence-corrected chi connectivity index (χ4v) is 3.72. The second-order valence-corrected chi connectivity index (χ2v) is 7.81. The molecule has 1 aromatic carbocycles. The number of alkyl halides is 3. The van der Waals surface area contributed by atoms with E-state index in [1.807, 2.05) is 0 Å². The Morgan fingerprint density at radius 3 is 2.32 bits per heavy atom. The number of rotatable bonds is 4. The largest absolute Gasteiger partial charge is 0.418 e. The Labute approximate surface area is 144 Å². The number of amides is 2. The zero-order valence-corrected chi connectivity index (χ0v) is 14.4. The lowest BCUT2D eigenvalue weighted by Crippen LogP contribution is -2.53. The number of carbonyl (C=O) groups excluding carboxylic acids is 1. The molecule has 0 heterocycles. The van der Waals surface area contributed by atoms with E-state index >= 15 is 0 Å². The summed E-state index contributed by atoms with van der Waals surface area (Å²) in [6.07, 6.45) is -0.859. The molecule has 2 amide bonds. The van der Waals surface area contributed by atoms with E-state index in [1.165, 1.54) is 12.1 Å². The number of carbonyl (C=O) groups is 1. The number of urea groups is 1. The third-order valence-electron chi connectivity index (χ3n) is 3.93. The van der Waals surface area contributed by atoms with E-state index in [-0.39, 0.29) is 5.69 Å². The first-order chi connectivity index (χ1) is 11.6. The SMILES string of the molecule is CS(=O)(=O)N[C@H]1CCCC[C@@H]1NC(=O)Nc1ccccc1C(F)(F)F. The van der Waals surface area contributed by atoms with Crippen molar-refractivity contribution in [2.75, 3.05) is 11.6 Å². The molecule has 140 valence electrons. The van der Waals surface area contributed by atoms with Crippen molar-refractivity contribution in [1.82, 2.24) is 10.0 Å². The van der Waals surface area contributed by atoms with E-state index in [0.29, 0.717) is 12.8 Å². The number of anilines is 1. The molecule has 3 N–H and O–H groups in total. The van der Waals surface area contributed by atoms with E-state index in [9.17, 15) is 26.4 Å². The van der Waals surface area contributed by atoms with E-state index < -0.39 is 39.9 Å². The molecule has 1 aliphatic rings. The van der Waals surface area contributed by atoms with Gasteiger partial charge in [-0.1, -0.05) is 25.0 Å².